The molecule has 4 rings (SSSR count). The highest BCUT2D eigenvalue weighted by Crippen LogP contribution is 2.35. The van der Waals surface area contributed by atoms with Crippen LogP contribution in [0.2, 0.25) is 0 Å². The van der Waals surface area contributed by atoms with Crippen molar-refractivity contribution in [1.29, 1.82) is 0 Å². The van der Waals surface area contributed by atoms with Crippen LogP contribution in [0.15, 0.2) is 54.6 Å². The first-order valence-corrected chi connectivity index (χ1v) is 7.63. The lowest BCUT2D eigenvalue weighted by atomic mass is 9.96. The first-order chi connectivity index (χ1) is 11.1. The lowest BCUT2D eigenvalue weighted by molar-refractivity contribution is 0.101. The van der Waals surface area contributed by atoms with Gasteiger partial charge in [0.25, 0.3) is 0 Å². The van der Waals surface area contributed by atoms with E-state index in [2.05, 4.69) is 40.3 Å². The SMILES string of the molecule is CC(=O)c1nc(-c2c3ccccc3cc3ccccc23)[nH]c1C. The maximum absolute atomic E-state index is 11.8. The summed E-state index contributed by atoms with van der Waals surface area (Å²) in [5.74, 6) is 0.732. The molecule has 0 saturated heterocycles. The number of fused-ring (bicyclic) bond motifs is 2. The molecule has 1 heterocycles. The molecule has 4 aromatic rings. The average Bonchev–Trinajstić information content (AvgIpc) is 2.94. The van der Waals surface area contributed by atoms with Crippen molar-refractivity contribution >= 4 is 27.3 Å². The summed E-state index contributed by atoms with van der Waals surface area (Å²) < 4.78 is 0. The first-order valence-electron chi connectivity index (χ1n) is 7.63. The minimum atomic E-state index is -0.0189. The van der Waals surface area contributed by atoms with Crippen LogP contribution in [-0.2, 0) is 0 Å². The number of rotatable bonds is 2. The van der Waals surface area contributed by atoms with Gasteiger partial charge >= 0.3 is 0 Å². The standard InChI is InChI=1S/C20H16N2O/c1-12-19(13(2)23)22-20(21-12)18-16-9-5-3-7-14(16)11-15-8-4-6-10-17(15)18/h3-11H,1-2H3,(H,21,22). The molecule has 0 fully saturated rings. The fourth-order valence-corrected chi connectivity index (χ4v) is 3.19. The molecule has 0 amide bonds. The third kappa shape index (κ3) is 2.13. The molecule has 0 unspecified atom stereocenters. The Morgan fingerprint density at radius 2 is 1.52 bits per heavy atom. The van der Waals surface area contributed by atoms with Crippen molar-refractivity contribution in [3.8, 4) is 11.4 Å². The maximum Gasteiger partial charge on any atom is 0.179 e. The van der Waals surface area contributed by atoms with Crippen molar-refractivity contribution < 1.29 is 4.79 Å². The Morgan fingerprint density at radius 1 is 0.957 bits per heavy atom. The summed E-state index contributed by atoms with van der Waals surface area (Å²) in [7, 11) is 0. The van der Waals surface area contributed by atoms with E-state index in [-0.39, 0.29) is 5.78 Å². The van der Waals surface area contributed by atoms with E-state index in [1.54, 1.807) is 6.92 Å². The van der Waals surface area contributed by atoms with Crippen LogP contribution in [0.3, 0.4) is 0 Å². The number of hydrogen-bond donors (Lipinski definition) is 1. The number of imidazole rings is 1. The quantitative estimate of drug-likeness (QED) is 0.423. The summed E-state index contributed by atoms with van der Waals surface area (Å²) in [6.07, 6.45) is 0. The van der Waals surface area contributed by atoms with Crippen LogP contribution < -0.4 is 0 Å². The molecule has 0 aliphatic carbocycles. The van der Waals surface area contributed by atoms with Gasteiger partial charge in [0.15, 0.2) is 5.78 Å². The van der Waals surface area contributed by atoms with Crippen LogP contribution in [0.1, 0.15) is 23.1 Å². The van der Waals surface area contributed by atoms with Crippen LogP contribution in [-0.4, -0.2) is 15.8 Å². The minimum Gasteiger partial charge on any atom is -0.341 e. The summed E-state index contributed by atoms with van der Waals surface area (Å²) in [4.78, 5) is 19.6. The number of carbonyl (C=O) groups is 1. The van der Waals surface area contributed by atoms with E-state index in [0.717, 1.165) is 27.9 Å². The molecule has 112 valence electrons. The highest BCUT2D eigenvalue weighted by Gasteiger charge is 2.16. The van der Waals surface area contributed by atoms with Gasteiger partial charge in [-0.05, 0) is 34.5 Å². The van der Waals surface area contributed by atoms with Gasteiger partial charge in [-0.15, -0.1) is 0 Å². The van der Waals surface area contributed by atoms with Gasteiger partial charge in [0, 0.05) is 18.2 Å². The van der Waals surface area contributed by atoms with Crippen molar-refractivity contribution in [3.63, 3.8) is 0 Å². The van der Waals surface area contributed by atoms with Gasteiger partial charge in [0.2, 0.25) is 0 Å². The van der Waals surface area contributed by atoms with Crippen LogP contribution in [0.4, 0.5) is 0 Å². The number of hydrogen-bond acceptors (Lipinski definition) is 2. The molecule has 0 aliphatic rings. The van der Waals surface area contributed by atoms with Crippen molar-refractivity contribution in [2.75, 3.05) is 0 Å². The third-order valence-corrected chi connectivity index (χ3v) is 4.23. The largest absolute Gasteiger partial charge is 0.341 e. The average molecular weight is 300 g/mol. The van der Waals surface area contributed by atoms with Crippen LogP contribution in [0, 0.1) is 6.92 Å². The number of aromatic amines is 1. The molecule has 0 aliphatic heterocycles. The number of benzene rings is 3. The summed E-state index contributed by atoms with van der Waals surface area (Å²) >= 11 is 0. The maximum atomic E-state index is 11.8. The molecule has 1 aromatic heterocycles. The fourth-order valence-electron chi connectivity index (χ4n) is 3.19. The summed E-state index contributed by atoms with van der Waals surface area (Å²) in [6.45, 7) is 3.44. The molecule has 23 heavy (non-hydrogen) atoms. The second-order valence-electron chi connectivity index (χ2n) is 5.81. The van der Waals surface area contributed by atoms with Crippen molar-refractivity contribution in [2.24, 2.45) is 0 Å². The molecule has 0 spiro atoms. The monoisotopic (exact) mass is 300 g/mol. The summed E-state index contributed by atoms with van der Waals surface area (Å²) in [5.41, 5.74) is 2.37. The van der Waals surface area contributed by atoms with Gasteiger partial charge in [-0.2, -0.15) is 0 Å². The Balaban J connectivity index is 2.15. The van der Waals surface area contributed by atoms with Crippen LogP contribution in [0.5, 0.6) is 0 Å². The van der Waals surface area contributed by atoms with Gasteiger partial charge in [0.05, 0.1) is 0 Å². The highest BCUT2D eigenvalue weighted by atomic mass is 16.1. The minimum absolute atomic E-state index is 0.0189. The number of nitrogens with zero attached hydrogens (tertiary/aromatic N) is 1. The van der Waals surface area contributed by atoms with E-state index >= 15 is 0 Å². The number of ketones is 1. The van der Waals surface area contributed by atoms with E-state index < -0.39 is 0 Å². The molecule has 3 heteroatoms. The Hall–Kier alpha value is -2.94. The second kappa shape index (κ2) is 5.06. The topological polar surface area (TPSA) is 45.8 Å². The van der Waals surface area contributed by atoms with Crippen molar-refractivity contribution in [2.45, 2.75) is 13.8 Å². The zero-order valence-electron chi connectivity index (χ0n) is 13.1. The third-order valence-electron chi connectivity index (χ3n) is 4.23. The second-order valence-corrected chi connectivity index (χ2v) is 5.81. The lowest BCUT2D eigenvalue weighted by Crippen LogP contribution is -1.94. The van der Waals surface area contributed by atoms with Gasteiger partial charge in [-0.1, -0.05) is 48.5 Å². The number of nitrogens with one attached hydrogen (secondary N) is 1. The molecular formula is C20H16N2O. The first kappa shape index (κ1) is 13.7. The Morgan fingerprint density at radius 3 is 2.04 bits per heavy atom. The van der Waals surface area contributed by atoms with Crippen LogP contribution in [0.25, 0.3) is 32.9 Å². The Labute approximate surface area is 134 Å². The number of Topliss-reactive ketones (excluding diaryl/α,β-unsaturated/α-hetero) is 1. The molecule has 3 nitrogen and oxygen atoms in total. The lowest BCUT2D eigenvalue weighted by Gasteiger charge is -2.09. The molecule has 1 N–H and O–H groups in total. The Kier molecular flexibility index (Phi) is 3.01. The molecular weight excluding hydrogens is 284 g/mol. The smallest absolute Gasteiger partial charge is 0.179 e. The van der Waals surface area contributed by atoms with Gasteiger partial charge in [-0.25, -0.2) is 4.98 Å². The van der Waals surface area contributed by atoms with E-state index in [9.17, 15) is 4.79 Å². The zero-order chi connectivity index (χ0) is 16.0. The molecule has 0 atom stereocenters. The summed E-state index contributed by atoms with van der Waals surface area (Å²) in [5, 5.41) is 4.60. The van der Waals surface area contributed by atoms with E-state index in [1.165, 1.54) is 10.8 Å². The fraction of sp³-hybridized carbons (Fsp3) is 0.100. The van der Waals surface area contributed by atoms with Gasteiger partial charge in [0.1, 0.15) is 11.5 Å². The van der Waals surface area contributed by atoms with Crippen molar-refractivity contribution in [1.82, 2.24) is 9.97 Å². The summed E-state index contributed by atoms with van der Waals surface area (Å²) in [6, 6.07) is 18.7. The van der Waals surface area contributed by atoms with Gasteiger partial charge < -0.3 is 4.98 Å². The normalized spacial score (nSPS) is 11.2. The number of aromatic nitrogens is 2. The van der Waals surface area contributed by atoms with Gasteiger partial charge in [-0.3, -0.25) is 4.79 Å². The van der Waals surface area contributed by atoms with E-state index in [0.29, 0.717) is 5.69 Å². The van der Waals surface area contributed by atoms with Crippen molar-refractivity contribution in [3.05, 3.63) is 66.0 Å². The van der Waals surface area contributed by atoms with E-state index in [1.807, 2.05) is 31.2 Å². The molecule has 3 aromatic carbocycles. The Bertz CT molecular complexity index is 1010. The predicted octanol–water partition coefficient (Wildman–Crippen LogP) is 4.89. The number of aryl methyl sites for hydroxylation is 1. The highest BCUT2D eigenvalue weighted by molar-refractivity contribution is 6.11. The number of H-pyrrole nitrogens is 1. The molecule has 0 radical (unpaired) electrons. The van der Waals surface area contributed by atoms with E-state index in [4.69, 9.17) is 0 Å². The molecule has 0 saturated carbocycles. The predicted molar refractivity (Wildman–Crippen MR) is 93.8 cm³/mol. The zero-order valence-corrected chi connectivity index (χ0v) is 13.1. The number of carbonyl (C=O) groups excluding carboxylic acids is 1. The molecule has 0 bridgehead atoms. The van der Waals surface area contributed by atoms with Crippen LogP contribution >= 0.6 is 0 Å².